The summed E-state index contributed by atoms with van der Waals surface area (Å²) in [4.78, 5) is 0. The fourth-order valence-electron chi connectivity index (χ4n) is 2.32. The minimum atomic E-state index is 0.289. The van der Waals surface area contributed by atoms with E-state index in [4.69, 9.17) is 4.74 Å². The number of ether oxygens (including phenoxy) is 1. The second kappa shape index (κ2) is 4.22. The van der Waals surface area contributed by atoms with E-state index in [0.717, 1.165) is 16.9 Å². The van der Waals surface area contributed by atoms with E-state index in [-0.39, 0.29) is 5.75 Å². The van der Waals surface area contributed by atoms with Gasteiger partial charge in [-0.2, -0.15) is 0 Å². The Kier molecular flexibility index (Phi) is 2.56. The highest BCUT2D eigenvalue weighted by atomic mass is 16.5. The third-order valence-corrected chi connectivity index (χ3v) is 3.18. The first-order valence-corrected chi connectivity index (χ1v) is 5.97. The monoisotopic (exact) mass is 238 g/mol. The van der Waals surface area contributed by atoms with Crippen LogP contribution in [0.4, 0.5) is 0 Å². The van der Waals surface area contributed by atoms with Gasteiger partial charge in [0.2, 0.25) is 0 Å². The molecule has 0 saturated heterocycles. The molecule has 1 heterocycles. The first kappa shape index (κ1) is 10.9. The molecule has 1 N–H and O–H groups in total. The Labute approximate surface area is 106 Å². The molecule has 1 aliphatic rings. The molecule has 2 aromatic rings. The van der Waals surface area contributed by atoms with E-state index in [0.29, 0.717) is 6.61 Å². The molecule has 1 aliphatic heterocycles. The lowest BCUT2D eigenvalue weighted by Gasteiger charge is -2.22. The lowest BCUT2D eigenvalue weighted by Crippen LogP contribution is -2.10. The molecule has 0 spiro atoms. The number of rotatable bonds is 1. The average molecular weight is 238 g/mol. The number of hydrogen-bond donors (Lipinski definition) is 1. The number of benzene rings is 2. The van der Waals surface area contributed by atoms with Crippen molar-refractivity contribution in [1.82, 2.24) is 0 Å². The predicted molar refractivity (Wildman–Crippen MR) is 71.7 cm³/mol. The number of hydrogen-bond acceptors (Lipinski definition) is 2. The van der Waals surface area contributed by atoms with Crippen LogP contribution in [0.15, 0.2) is 54.1 Å². The van der Waals surface area contributed by atoms with Crippen molar-refractivity contribution in [3.05, 3.63) is 65.2 Å². The standard InChI is InChI=1S/C16H14O2/c1-11-10-18-15-5-3-2-4-14(15)16(11)12-6-8-13(17)9-7-12/h2-9,17H,10H2,1H3. The number of phenolic OH excluding ortho intramolecular Hbond substituents is 1. The average Bonchev–Trinajstić information content (AvgIpc) is 2.40. The smallest absolute Gasteiger partial charge is 0.127 e. The van der Waals surface area contributed by atoms with Crippen molar-refractivity contribution in [3.63, 3.8) is 0 Å². The van der Waals surface area contributed by atoms with E-state index in [1.807, 2.05) is 30.3 Å². The lowest BCUT2D eigenvalue weighted by atomic mass is 9.91. The van der Waals surface area contributed by atoms with Crippen LogP contribution in [0, 0.1) is 0 Å². The Morgan fingerprint density at radius 1 is 1.00 bits per heavy atom. The van der Waals surface area contributed by atoms with Crippen molar-refractivity contribution in [2.75, 3.05) is 6.61 Å². The van der Waals surface area contributed by atoms with Gasteiger partial charge in [0, 0.05) is 5.56 Å². The van der Waals surface area contributed by atoms with Crippen LogP contribution < -0.4 is 4.74 Å². The van der Waals surface area contributed by atoms with Gasteiger partial charge >= 0.3 is 0 Å². The highest BCUT2D eigenvalue weighted by Gasteiger charge is 2.18. The SMILES string of the molecule is CC1=C(c2ccc(O)cc2)c2ccccc2OC1. The highest BCUT2D eigenvalue weighted by molar-refractivity contribution is 5.86. The van der Waals surface area contributed by atoms with Gasteiger partial charge in [0.05, 0.1) is 0 Å². The van der Waals surface area contributed by atoms with Crippen LogP contribution in [0.25, 0.3) is 5.57 Å². The van der Waals surface area contributed by atoms with Crippen molar-refractivity contribution in [1.29, 1.82) is 0 Å². The number of phenols is 1. The fraction of sp³-hybridized carbons (Fsp3) is 0.125. The zero-order valence-electron chi connectivity index (χ0n) is 10.2. The molecule has 3 rings (SSSR count). The Hall–Kier alpha value is -2.22. The summed E-state index contributed by atoms with van der Waals surface area (Å²) in [5.41, 5.74) is 4.64. The minimum absolute atomic E-state index is 0.289. The Morgan fingerprint density at radius 2 is 1.72 bits per heavy atom. The molecule has 0 aromatic heterocycles. The first-order chi connectivity index (χ1) is 8.75. The largest absolute Gasteiger partial charge is 0.508 e. The second-order valence-electron chi connectivity index (χ2n) is 4.49. The third-order valence-electron chi connectivity index (χ3n) is 3.18. The molecule has 0 fully saturated rings. The van der Waals surface area contributed by atoms with Crippen molar-refractivity contribution in [2.45, 2.75) is 6.92 Å². The molecular formula is C16H14O2. The molecular weight excluding hydrogens is 224 g/mol. The molecule has 18 heavy (non-hydrogen) atoms. The maximum atomic E-state index is 9.38. The summed E-state index contributed by atoms with van der Waals surface area (Å²) in [6, 6.07) is 15.4. The maximum absolute atomic E-state index is 9.38. The molecule has 0 saturated carbocycles. The fourth-order valence-corrected chi connectivity index (χ4v) is 2.32. The van der Waals surface area contributed by atoms with E-state index < -0.39 is 0 Å². The molecule has 0 atom stereocenters. The third kappa shape index (κ3) is 1.76. The van der Waals surface area contributed by atoms with Gasteiger partial charge < -0.3 is 9.84 Å². The lowest BCUT2D eigenvalue weighted by molar-refractivity contribution is 0.346. The van der Waals surface area contributed by atoms with Gasteiger partial charge in [-0.3, -0.25) is 0 Å². The summed E-state index contributed by atoms with van der Waals surface area (Å²) in [5.74, 6) is 1.21. The van der Waals surface area contributed by atoms with Crippen LogP contribution in [-0.2, 0) is 0 Å². The normalized spacial score (nSPS) is 14.1. The van der Waals surface area contributed by atoms with E-state index in [1.54, 1.807) is 12.1 Å². The number of fused-ring (bicyclic) bond motifs is 1. The maximum Gasteiger partial charge on any atom is 0.127 e. The molecule has 0 bridgehead atoms. The van der Waals surface area contributed by atoms with Gasteiger partial charge in [0.1, 0.15) is 18.1 Å². The van der Waals surface area contributed by atoms with Gasteiger partial charge in [-0.25, -0.2) is 0 Å². The zero-order valence-corrected chi connectivity index (χ0v) is 10.2. The van der Waals surface area contributed by atoms with Crippen molar-refractivity contribution in [3.8, 4) is 11.5 Å². The zero-order chi connectivity index (χ0) is 12.5. The molecule has 2 nitrogen and oxygen atoms in total. The Bertz CT molecular complexity index is 609. The first-order valence-electron chi connectivity index (χ1n) is 5.97. The van der Waals surface area contributed by atoms with Gasteiger partial charge in [-0.15, -0.1) is 0 Å². The summed E-state index contributed by atoms with van der Waals surface area (Å²) in [7, 11) is 0. The van der Waals surface area contributed by atoms with Gasteiger partial charge in [-0.05, 0) is 41.8 Å². The second-order valence-corrected chi connectivity index (χ2v) is 4.49. The quantitative estimate of drug-likeness (QED) is 0.822. The van der Waals surface area contributed by atoms with E-state index >= 15 is 0 Å². The summed E-state index contributed by atoms with van der Waals surface area (Å²) in [5, 5.41) is 9.38. The van der Waals surface area contributed by atoms with Crippen molar-refractivity contribution < 1.29 is 9.84 Å². The van der Waals surface area contributed by atoms with Crippen LogP contribution >= 0.6 is 0 Å². The molecule has 0 aliphatic carbocycles. The van der Waals surface area contributed by atoms with Crippen LogP contribution in [0.5, 0.6) is 11.5 Å². The summed E-state index contributed by atoms with van der Waals surface area (Å²) in [6.45, 7) is 2.70. The van der Waals surface area contributed by atoms with Crippen LogP contribution in [0.3, 0.4) is 0 Å². The van der Waals surface area contributed by atoms with Crippen molar-refractivity contribution >= 4 is 5.57 Å². The highest BCUT2D eigenvalue weighted by Crippen LogP contribution is 2.37. The topological polar surface area (TPSA) is 29.5 Å². The van der Waals surface area contributed by atoms with E-state index in [9.17, 15) is 5.11 Å². The Balaban J connectivity index is 2.17. The summed E-state index contributed by atoms with van der Waals surface area (Å²) in [6.07, 6.45) is 0. The van der Waals surface area contributed by atoms with Crippen LogP contribution in [-0.4, -0.2) is 11.7 Å². The van der Waals surface area contributed by atoms with E-state index in [1.165, 1.54) is 11.1 Å². The molecule has 0 amide bonds. The number of para-hydroxylation sites is 1. The van der Waals surface area contributed by atoms with E-state index in [2.05, 4.69) is 13.0 Å². The summed E-state index contributed by atoms with van der Waals surface area (Å²) < 4.78 is 5.70. The number of aromatic hydroxyl groups is 1. The van der Waals surface area contributed by atoms with Gasteiger partial charge in [0.25, 0.3) is 0 Å². The van der Waals surface area contributed by atoms with Crippen LogP contribution in [0.1, 0.15) is 18.1 Å². The van der Waals surface area contributed by atoms with Gasteiger partial charge in [0.15, 0.2) is 0 Å². The molecule has 2 heteroatoms. The molecule has 90 valence electrons. The van der Waals surface area contributed by atoms with Crippen LogP contribution in [0.2, 0.25) is 0 Å². The summed E-state index contributed by atoms with van der Waals surface area (Å²) >= 11 is 0. The Morgan fingerprint density at radius 3 is 2.50 bits per heavy atom. The van der Waals surface area contributed by atoms with Gasteiger partial charge in [-0.1, -0.05) is 30.3 Å². The molecule has 2 aromatic carbocycles. The van der Waals surface area contributed by atoms with Crippen molar-refractivity contribution in [2.24, 2.45) is 0 Å². The predicted octanol–water partition coefficient (Wildman–Crippen LogP) is 3.61. The molecule has 0 unspecified atom stereocenters. The minimum Gasteiger partial charge on any atom is -0.508 e. The molecule has 0 radical (unpaired) electrons.